The molecule has 0 spiro atoms. The van der Waals surface area contributed by atoms with Crippen molar-refractivity contribution in [1.82, 2.24) is 0 Å². The Kier molecular flexibility index (Phi) is 5.79. The van der Waals surface area contributed by atoms with Gasteiger partial charge in [0.15, 0.2) is 0 Å². The van der Waals surface area contributed by atoms with Crippen molar-refractivity contribution in [3.8, 4) is 0 Å². The fourth-order valence-corrected chi connectivity index (χ4v) is 4.08. The quantitative estimate of drug-likeness (QED) is 0.422. The van der Waals surface area contributed by atoms with Gasteiger partial charge in [-0.2, -0.15) is 0 Å². The zero-order valence-electron chi connectivity index (χ0n) is 17.5. The first kappa shape index (κ1) is 21.5. The highest BCUT2D eigenvalue weighted by atomic mass is 16.6. The van der Waals surface area contributed by atoms with E-state index in [-0.39, 0.29) is 17.8 Å². The summed E-state index contributed by atoms with van der Waals surface area (Å²) in [4.78, 5) is 37.7. The summed E-state index contributed by atoms with van der Waals surface area (Å²) in [6.45, 7) is 16.0. The molecular formula is C21H32O6. The van der Waals surface area contributed by atoms with Gasteiger partial charge in [0.05, 0.1) is 11.8 Å². The lowest BCUT2D eigenvalue weighted by atomic mass is 9.77. The van der Waals surface area contributed by atoms with Crippen molar-refractivity contribution in [2.45, 2.75) is 78.6 Å². The summed E-state index contributed by atoms with van der Waals surface area (Å²) in [5.74, 6) is -2.82. The minimum absolute atomic E-state index is 0.0645. The Labute approximate surface area is 161 Å². The second kappa shape index (κ2) is 7.28. The van der Waals surface area contributed by atoms with Gasteiger partial charge in [-0.25, -0.2) is 4.79 Å². The lowest BCUT2D eigenvalue weighted by Gasteiger charge is -2.35. The first-order valence-electron chi connectivity index (χ1n) is 9.52. The van der Waals surface area contributed by atoms with Crippen LogP contribution in [0.2, 0.25) is 0 Å². The molecule has 2 aliphatic carbocycles. The van der Waals surface area contributed by atoms with Crippen molar-refractivity contribution in [3.63, 3.8) is 0 Å². The van der Waals surface area contributed by atoms with Crippen LogP contribution in [-0.2, 0) is 28.6 Å². The van der Waals surface area contributed by atoms with Crippen LogP contribution in [0.1, 0.15) is 61.3 Å². The molecular weight excluding hydrogens is 348 g/mol. The predicted octanol–water partition coefficient (Wildman–Crippen LogP) is 3.43. The second-order valence-electron chi connectivity index (χ2n) is 9.74. The highest BCUT2D eigenvalue weighted by Crippen LogP contribution is 2.54. The van der Waals surface area contributed by atoms with Gasteiger partial charge in [0.2, 0.25) is 0 Å². The standard InChI is InChI=1S/C21H32O6/c1-11(2)17(22)25-14-10-12-9-13(14)16(19(24)27-21(6,7)8)15(12)18(23)26-20(3,4)5/h12-16H,1,9-10H2,2-8H3. The molecule has 2 saturated carbocycles. The zero-order valence-corrected chi connectivity index (χ0v) is 17.5. The van der Waals surface area contributed by atoms with Crippen LogP contribution in [0.25, 0.3) is 0 Å². The smallest absolute Gasteiger partial charge is 0.333 e. The van der Waals surface area contributed by atoms with Crippen molar-refractivity contribution in [3.05, 3.63) is 12.2 Å². The van der Waals surface area contributed by atoms with E-state index in [0.717, 1.165) is 0 Å². The van der Waals surface area contributed by atoms with Crippen LogP contribution in [0.15, 0.2) is 12.2 Å². The van der Waals surface area contributed by atoms with Crippen molar-refractivity contribution in [1.29, 1.82) is 0 Å². The molecule has 2 fully saturated rings. The van der Waals surface area contributed by atoms with E-state index in [1.807, 2.05) is 0 Å². The molecule has 27 heavy (non-hydrogen) atoms. The lowest BCUT2D eigenvalue weighted by Crippen LogP contribution is -2.45. The molecule has 0 radical (unpaired) electrons. The zero-order chi connectivity index (χ0) is 20.7. The summed E-state index contributed by atoms with van der Waals surface area (Å²) in [6, 6.07) is 0. The van der Waals surface area contributed by atoms with Crippen LogP contribution >= 0.6 is 0 Å². The molecule has 0 saturated heterocycles. The Bertz CT molecular complexity index is 636. The molecule has 0 heterocycles. The maximum absolute atomic E-state index is 12.9. The molecule has 6 heteroatoms. The molecule has 0 aromatic carbocycles. The molecule has 0 aromatic heterocycles. The molecule has 0 amide bonds. The third kappa shape index (κ3) is 5.11. The monoisotopic (exact) mass is 380 g/mol. The number of carbonyl (C=O) groups excluding carboxylic acids is 3. The first-order chi connectivity index (χ1) is 12.2. The lowest BCUT2D eigenvalue weighted by molar-refractivity contribution is -0.180. The van der Waals surface area contributed by atoms with E-state index >= 15 is 0 Å². The van der Waals surface area contributed by atoms with Gasteiger partial charge in [-0.15, -0.1) is 0 Å². The number of esters is 3. The molecule has 0 aliphatic heterocycles. The molecule has 2 aliphatic rings. The Morgan fingerprint density at radius 1 is 0.852 bits per heavy atom. The molecule has 5 unspecified atom stereocenters. The highest BCUT2D eigenvalue weighted by Gasteiger charge is 2.61. The third-order valence-electron chi connectivity index (χ3n) is 4.91. The van der Waals surface area contributed by atoms with E-state index in [4.69, 9.17) is 14.2 Å². The van der Waals surface area contributed by atoms with E-state index in [9.17, 15) is 14.4 Å². The highest BCUT2D eigenvalue weighted by molar-refractivity contribution is 5.87. The maximum atomic E-state index is 12.9. The van der Waals surface area contributed by atoms with Crippen molar-refractivity contribution in [2.24, 2.45) is 23.7 Å². The van der Waals surface area contributed by atoms with Gasteiger partial charge in [-0.05, 0) is 67.2 Å². The fraction of sp³-hybridized carbons (Fsp3) is 0.762. The third-order valence-corrected chi connectivity index (χ3v) is 4.91. The Morgan fingerprint density at radius 3 is 1.78 bits per heavy atom. The summed E-state index contributed by atoms with van der Waals surface area (Å²) in [5.41, 5.74) is -0.986. The molecule has 2 rings (SSSR count). The van der Waals surface area contributed by atoms with Gasteiger partial charge in [0.1, 0.15) is 17.3 Å². The largest absolute Gasteiger partial charge is 0.460 e. The number of ether oxygens (including phenoxy) is 3. The van der Waals surface area contributed by atoms with Crippen LogP contribution in [0, 0.1) is 23.7 Å². The average Bonchev–Trinajstić information content (AvgIpc) is 3.00. The first-order valence-corrected chi connectivity index (χ1v) is 9.52. The molecule has 2 bridgehead atoms. The minimum Gasteiger partial charge on any atom is -0.460 e. The Balaban J connectivity index is 2.25. The molecule has 0 aromatic rings. The molecule has 0 N–H and O–H groups in total. The van der Waals surface area contributed by atoms with Crippen LogP contribution in [0.3, 0.4) is 0 Å². The van der Waals surface area contributed by atoms with E-state index in [1.165, 1.54) is 0 Å². The molecule has 6 nitrogen and oxygen atoms in total. The number of hydrogen-bond acceptors (Lipinski definition) is 6. The van der Waals surface area contributed by atoms with Gasteiger partial charge in [0.25, 0.3) is 0 Å². The van der Waals surface area contributed by atoms with Crippen LogP contribution < -0.4 is 0 Å². The summed E-state index contributed by atoms with van der Waals surface area (Å²) < 4.78 is 16.7. The van der Waals surface area contributed by atoms with Crippen LogP contribution in [-0.4, -0.2) is 35.2 Å². The van der Waals surface area contributed by atoms with Gasteiger partial charge >= 0.3 is 17.9 Å². The molecule has 5 atom stereocenters. The van der Waals surface area contributed by atoms with Gasteiger partial charge in [-0.3, -0.25) is 9.59 Å². The van der Waals surface area contributed by atoms with Gasteiger partial charge in [0, 0.05) is 11.5 Å². The Hall–Kier alpha value is -1.85. The van der Waals surface area contributed by atoms with Crippen molar-refractivity contribution < 1.29 is 28.6 Å². The Morgan fingerprint density at radius 2 is 1.33 bits per heavy atom. The van der Waals surface area contributed by atoms with E-state index < -0.39 is 41.1 Å². The van der Waals surface area contributed by atoms with Crippen molar-refractivity contribution in [2.75, 3.05) is 0 Å². The normalized spacial score (nSPS) is 30.0. The van der Waals surface area contributed by atoms with Crippen LogP contribution in [0.4, 0.5) is 0 Å². The summed E-state index contributed by atoms with van der Waals surface area (Å²) in [5, 5.41) is 0. The predicted molar refractivity (Wildman–Crippen MR) is 99.6 cm³/mol. The van der Waals surface area contributed by atoms with Crippen molar-refractivity contribution >= 4 is 17.9 Å². The maximum Gasteiger partial charge on any atom is 0.333 e. The average molecular weight is 380 g/mol. The van der Waals surface area contributed by atoms with E-state index in [2.05, 4.69) is 6.58 Å². The van der Waals surface area contributed by atoms with E-state index in [1.54, 1.807) is 48.5 Å². The topological polar surface area (TPSA) is 78.9 Å². The number of hydrogen-bond donors (Lipinski definition) is 0. The number of carbonyl (C=O) groups is 3. The van der Waals surface area contributed by atoms with Gasteiger partial charge in [-0.1, -0.05) is 6.58 Å². The minimum atomic E-state index is -0.666. The summed E-state index contributed by atoms with van der Waals surface area (Å²) >= 11 is 0. The van der Waals surface area contributed by atoms with Gasteiger partial charge < -0.3 is 14.2 Å². The number of fused-ring (bicyclic) bond motifs is 2. The second-order valence-corrected chi connectivity index (χ2v) is 9.74. The SMILES string of the molecule is C=C(C)C(=O)OC1CC2CC1C(C(=O)OC(C)(C)C)C2C(=O)OC(C)(C)C. The van der Waals surface area contributed by atoms with E-state index in [0.29, 0.717) is 18.4 Å². The summed E-state index contributed by atoms with van der Waals surface area (Å²) in [7, 11) is 0. The fourth-order valence-electron chi connectivity index (χ4n) is 4.08. The summed E-state index contributed by atoms with van der Waals surface area (Å²) in [6.07, 6.45) is 0.782. The van der Waals surface area contributed by atoms with Crippen LogP contribution in [0.5, 0.6) is 0 Å². The number of rotatable bonds is 4. The molecule has 152 valence electrons.